The first-order chi connectivity index (χ1) is 10.6. The lowest BCUT2D eigenvalue weighted by Gasteiger charge is -2.06. The second kappa shape index (κ2) is 7.82. The van der Waals surface area contributed by atoms with E-state index < -0.39 is 5.91 Å². The summed E-state index contributed by atoms with van der Waals surface area (Å²) in [5, 5.41) is 4.67. The summed E-state index contributed by atoms with van der Waals surface area (Å²) in [6.07, 6.45) is 1.52. The average molecular weight is 337 g/mol. The van der Waals surface area contributed by atoms with Crippen LogP contribution in [0.5, 0.6) is 5.75 Å². The zero-order valence-corrected chi connectivity index (χ0v) is 13.4. The van der Waals surface area contributed by atoms with E-state index in [0.717, 1.165) is 5.56 Å². The molecular formula is C16H14Cl2N2O2. The largest absolute Gasteiger partial charge is 0.493 e. The summed E-state index contributed by atoms with van der Waals surface area (Å²) in [5.74, 6) is 0.291. The number of nitrogens with one attached hydrogen (secondary N) is 1. The van der Waals surface area contributed by atoms with Crippen molar-refractivity contribution in [2.45, 2.75) is 6.92 Å². The third-order valence-electron chi connectivity index (χ3n) is 2.76. The van der Waals surface area contributed by atoms with Crippen LogP contribution in [0.15, 0.2) is 47.6 Å². The highest BCUT2D eigenvalue weighted by Gasteiger charge is 2.09. The Morgan fingerprint density at radius 2 is 2.05 bits per heavy atom. The van der Waals surface area contributed by atoms with Crippen LogP contribution in [0.3, 0.4) is 0 Å². The molecule has 4 nitrogen and oxygen atoms in total. The van der Waals surface area contributed by atoms with E-state index >= 15 is 0 Å². The summed E-state index contributed by atoms with van der Waals surface area (Å²) in [4.78, 5) is 12.0. The number of ether oxygens (including phenoxy) is 1. The molecule has 1 N–H and O–H groups in total. The summed E-state index contributed by atoms with van der Waals surface area (Å²) in [5.41, 5.74) is 3.50. The minimum Gasteiger partial charge on any atom is -0.493 e. The van der Waals surface area contributed by atoms with Gasteiger partial charge in [0.25, 0.3) is 5.91 Å². The molecule has 0 saturated heterocycles. The van der Waals surface area contributed by atoms with Crippen LogP contribution in [0.25, 0.3) is 0 Å². The molecule has 2 aromatic rings. The Morgan fingerprint density at radius 3 is 2.77 bits per heavy atom. The fraction of sp³-hybridized carbons (Fsp3) is 0.125. The first-order valence-corrected chi connectivity index (χ1v) is 7.37. The van der Waals surface area contributed by atoms with Crippen molar-refractivity contribution in [1.82, 2.24) is 5.43 Å². The van der Waals surface area contributed by atoms with Crippen LogP contribution in [0, 0.1) is 0 Å². The summed E-state index contributed by atoms with van der Waals surface area (Å²) in [7, 11) is 0. The van der Waals surface area contributed by atoms with Crippen molar-refractivity contribution in [2.24, 2.45) is 5.10 Å². The van der Waals surface area contributed by atoms with Crippen molar-refractivity contribution >= 4 is 35.3 Å². The molecule has 6 heteroatoms. The number of para-hydroxylation sites is 1. The maximum Gasteiger partial charge on any atom is 0.272 e. The number of rotatable bonds is 5. The van der Waals surface area contributed by atoms with Gasteiger partial charge in [0.15, 0.2) is 0 Å². The number of hydrazone groups is 1. The molecule has 0 unspecified atom stereocenters. The number of nitrogens with zero attached hydrogens (tertiary/aromatic N) is 1. The Bertz CT molecular complexity index is 702. The molecule has 114 valence electrons. The molecule has 0 spiro atoms. The Hall–Kier alpha value is -2.04. The van der Waals surface area contributed by atoms with E-state index in [0.29, 0.717) is 22.9 Å². The maximum atomic E-state index is 12.0. The summed E-state index contributed by atoms with van der Waals surface area (Å²) in [6.45, 7) is 2.45. The van der Waals surface area contributed by atoms with Gasteiger partial charge in [-0.2, -0.15) is 5.10 Å². The molecule has 0 saturated carbocycles. The third kappa shape index (κ3) is 4.23. The van der Waals surface area contributed by atoms with Crippen LogP contribution in [-0.2, 0) is 0 Å². The lowest BCUT2D eigenvalue weighted by atomic mass is 10.2. The zero-order valence-electron chi connectivity index (χ0n) is 11.8. The van der Waals surface area contributed by atoms with E-state index in [1.54, 1.807) is 12.1 Å². The highest BCUT2D eigenvalue weighted by molar-refractivity contribution is 6.36. The number of carbonyl (C=O) groups excluding carboxylic acids is 1. The number of amides is 1. The number of benzene rings is 2. The van der Waals surface area contributed by atoms with E-state index in [2.05, 4.69) is 10.5 Å². The standard InChI is InChI=1S/C16H14Cl2N2O2/c1-2-22-15-6-4-3-5-11(15)10-19-20-16(21)13-8-7-12(17)9-14(13)18/h3-10H,2H2,1H3,(H,20,21). The second-order valence-electron chi connectivity index (χ2n) is 4.29. The molecule has 2 rings (SSSR count). The SMILES string of the molecule is CCOc1ccccc1C=NNC(=O)c1ccc(Cl)cc1Cl. The first-order valence-electron chi connectivity index (χ1n) is 6.62. The molecule has 2 aromatic carbocycles. The minimum absolute atomic E-state index is 0.273. The van der Waals surface area contributed by atoms with Gasteiger partial charge >= 0.3 is 0 Å². The molecule has 0 aromatic heterocycles. The Morgan fingerprint density at radius 1 is 1.27 bits per heavy atom. The van der Waals surface area contributed by atoms with E-state index in [1.165, 1.54) is 12.3 Å². The lowest BCUT2D eigenvalue weighted by molar-refractivity contribution is 0.0955. The quantitative estimate of drug-likeness (QED) is 0.658. The fourth-order valence-corrected chi connectivity index (χ4v) is 2.26. The fourth-order valence-electron chi connectivity index (χ4n) is 1.77. The van der Waals surface area contributed by atoms with Crippen molar-refractivity contribution < 1.29 is 9.53 Å². The van der Waals surface area contributed by atoms with Gasteiger partial charge in [0.2, 0.25) is 0 Å². The van der Waals surface area contributed by atoms with Crippen molar-refractivity contribution in [3.8, 4) is 5.75 Å². The molecule has 0 atom stereocenters. The lowest BCUT2D eigenvalue weighted by Crippen LogP contribution is -2.18. The monoisotopic (exact) mass is 336 g/mol. The van der Waals surface area contributed by atoms with Gasteiger partial charge in [-0.15, -0.1) is 0 Å². The van der Waals surface area contributed by atoms with Gasteiger partial charge in [0.1, 0.15) is 5.75 Å². The van der Waals surface area contributed by atoms with Gasteiger partial charge in [-0.3, -0.25) is 4.79 Å². The molecule has 0 heterocycles. The molecule has 0 aliphatic carbocycles. The van der Waals surface area contributed by atoms with Gasteiger partial charge in [-0.25, -0.2) is 5.43 Å². The van der Waals surface area contributed by atoms with Crippen molar-refractivity contribution in [2.75, 3.05) is 6.61 Å². The molecule has 1 amide bonds. The summed E-state index contributed by atoms with van der Waals surface area (Å²) in [6, 6.07) is 12.1. The number of hydrogen-bond acceptors (Lipinski definition) is 3. The minimum atomic E-state index is -0.410. The Kier molecular flexibility index (Phi) is 5.81. The van der Waals surface area contributed by atoms with E-state index in [1.807, 2.05) is 31.2 Å². The number of halogens is 2. The predicted octanol–water partition coefficient (Wildman–Crippen LogP) is 4.16. The topological polar surface area (TPSA) is 50.7 Å². The Balaban J connectivity index is 2.07. The molecular weight excluding hydrogens is 323 g/mol. The van der Waals surface area contributed by atoms with Gasteiger partial charge in [0, 0.05) is 10.6 Å². The van der Waals surface area contributed by atoms with E-state index in [4.69, 9.17) is 27.9 Å². The molecule has 22 heavy (non-hydrogen) atoms. The first kappa shape index (κ1) is 16.3. The average Bonchev–Trinajstić information content (AvgIpc) is 2.49. The molecule has 0 fully saturated rings. The van der Waals surface area contributed by atoms with Gasteiger partial charge < -0.3 is 4.74 Å². The molecule has 0 aliphatic rings. The number of hydrogen-bond donors (Lipinski definition) is 1. The van der Waals surface area contributed by atoms with Crippen LogP contribution in [-0.4, -0.2) is 18.7 Å². The van der Waals surface area contributed by atoms with Gasteiger partial charge in [0.05, 0.1) is 23.4 Å². The third-order valence-corrected chi connectivity index (χ3v) is 3.31. The van der Waals surface area contributed by atoms with Crippen molar-refractivity contribution in [1.29, 1.82) is 0 Å². The Labute approximate surface area is 138 Å². The van der Waals surface area contributed by atoms with E-state index in [9.17, 15) is 4.79 Å². The van der Waals surface area contributed by atoms with Crippen LogP contribution in [0.4, 0.5) is 0 Å². The molecule has 0 radical (unpaired) electrons. The van der Waals surface area contributed by atoms with Crippen LogP contribution in [0.2, 0.25) is 10.0 Å². The maximum absolute atomic E-state index is 12.0. The smallest absolute Gasteiger partial charge is 0.272 e. The zero-order chi connectivity index (χ0) is 15.9. The molecule has 0 bridgehead atoms. The summed E-state index contributed by atoms with van der Waals surface area (Å²) < 4.78 is 5.47. The van der Waals surface area contributed by atoms with Crippen molar-refractivity contribution in [3.05, 3.63) is 63.6 Å². The van der Waals surface area contributed by atoms with Gasteiger partial charge in [-0.1, -0.05) is 35.3 Å². The highest BCUT2D eigenvalue weighted by Crippen LogP contribution is 2.21. The predicted molar refractivity (Wildman–Crippen MR) is 89.1 cm³/mol. The van der Waals surface area contributed by atoms with Crippen molar-refractivity contribution in [3.63, 3.8) is 0 Å². The highest BCUT2D eigenvalue weighted by atomic mass is 35.5. The molecule has 0 aliphatic heterocycles. The van der Waals surface area contributed by atoms with Gasteiger partial charge in [-0.05, 0) is 37.3 Å². The number of carbonyl (C=O) groups is 1. The normalized spacial score (nSPS) is 10.7. The van der Waals surface area contributed by atoms with E-state index in [-0.39, 0.29) is 5.02 Å². The van der Waals surface area contributed by atoms with Crippen LogP contribution >= 0.6 is 23.2 Å². The van der Waals surface area contributed by atoms with Crippen LogP contribution in [0.1, 0.15) is 22.8 Å². The second-order valence-corrected chi connectivity index (χ2v) is 5.14. The van der Waals surface area contributed by atoms with Crippen LogP contribution < -0.4 is 10.2 Å². The summed E-state index contributed by atoms with van der Waals surface area (Å²) >= 11 is 11.8.